The second-order valence-corrected chi connectivity index (χ2v) is 6.26. The van der Waals surface area contributed by atoms with Crippen molar-refractivity contribution in [3.8, 4) is 0 Å². The van der Waals surface area contributed by atoms with Crippen LogP contribution < -0.4 is 0 Å². The number of aromatic nitrogens is 4. The number of carboxylic acid groups (broad SMARTS) is 1. The van der Waals surface area contributed by atoms with Crippen molar-refractivity contribution < 1.29 is 9.90 Å². The predicted octanol–water partition coefficient (Wildman–Crippen LogP) is 2.45. The summed E-state index contributed by atoms with van der Waals surface area (Å²) >= 11 is 3.40. The van der Waals surface area contributed by atoms with E-state index in [2.05, 4.69) is 31.5 Å². The Bertz CT molecular complexity index is 637. The lowest BCUT2D eigenvalue weighted by molar-refractivity contribution is -0.138. The molecule has 0 saturated heterocycles. The minimum Gasteiger partial charge on any atom is -0.481 e. The van der Waals surface area contributed by atoms with Crippen molar-refractivity contribution >= 4 is 21.9 Å². The zero-order valence-electron chi connectivity index (χ0n) is 11.3. The molecule has 2 aromatic rings. The van der Waals surface area contributed by atoms with E-state index in [4.69, 9.17) is 5.11 Å². The minimum absolute atomic E-state index is 0.0725. The fraction of sp³-hybridized carbons (Fsp3) is 0.429. The molecule has 1 fully saturated rings. The van der Waals surface area contributed by atoms with Crippen LogP contribution >= 0.6 is 15.9 Å². The third-order valence-electron chi connectivity index (χ3n) is 3.70. The summed E-state index contributed by atoms with van der Waals surface area (Å²) in [5.74, 6) is 0.292. The number of tetrazole rings is 1. The lowest BCUT2D eigenvalue weighted by Crippen LogP contribution is -2.19. The Balaban J connectivity index is 1.82. The van der Waals surface area contributed by atoms with E-state index < -0.39 is 5.97 Å². The molecule has 1 atom stereocenters. The van der Waals surface area contributed by atoms with Gasteiger partial charge in [0.05, 0.1) is 12.5 Å². The van der Waals surface area contributed by atoms with Crippen molar-refractivity contribution in [3.05, 3.63) is 40.1 Å². The molecule has 3 rings (SSSR count). The highest BCUT2D eigenvalue weighted by molar-refractivity contribution is 9.10. The maximum absolute atomic E-state index is 11.1. The van der Waals surface area contributed by atoms with E-state index in [9.17, 15) is 4.79 Å². The number of rotatable bonds is 6. The summed E-state index contributed by atoms with van der Waals surface area (Å²) < 4.78 is 2.72. The van der Waals surface area contributed by atoms with E-state index >= 15 is 0 Å². The quantitative estimate of drug-likeness (QED) is 0.865. The number of nitrogens with zero attached hydrogens (tertiary/aromatic N) is 4. The fourth-order valence-electron chi connectivity index (χ4n) is 2.48. The number of hydrogen-bond acceptors (Lipinski definition) is 4. The van der Waals surface area contributed by atoms with Crippen LogP contribution in [-0.4, -0.2) is 31.3 Å². The monoisotopic (exact) mass is 350 g/mol. The van der Waals surface area contributed by atoms with Crippen molar-refractivity contribution in [1.82, 2.24) is 20.2 Å². The molecule has 21 heavy (non-hydrogen) atoms. The molecule has 0 spiro atoms. The van der Waals surface area contributed by atoms with Gasteiger partial charge in [-0.25, -0.2) is 4.68 Å². The van der Waals surface area contributed by atoms with Crippen LogP contribution in [0.5, 0.6) is 0 Å². The molecule has 1 aromatic carbocycles. The summed E-state index contributed by atoms with van der Waals surface area (Å²) in [6, 6.07) is 7.82. The largest absolute Gasteiger partial charge is 0.481 e. The first-order valence-electron chi connectivity index (χ1n) is 6.86. The molecule has 1 aromatic heterocycles. The van der Waals surface area contributed by atoms with Crippen LogP contribution in [0.2, 0.25) is 0 Å². The van der Waals surface area contributed by atoms with Gasteiger partial charge in [0.2, 0.25) is 0 Å². The Kier molecular flexibility index (Phi) is 4.01. The second kappa shape index (κ2) is 5.93. The number of aliphatic carboxylic acids is 1. The lowest BCUT2D eigenvalue weighted by Gasteiger charge is -2.15. The molecule has 0 aliphatic heterocycles. The molecule has 1 aliphatic carbocycles. The molecular formula is C14H15BrN4O2. The van der Waals surface area contributed by atoms with Crippen LogP contribution in [0.15, 0.2) is 28.7 Å². The van der Waals surface area contributed by atoms with Gasteiger partial charge >= 0.3 is 5.97 Å². The molecular weight excluding hydrogens is 336 g/mol. The highest BCUT2D eigenvalue weighted by atomic mass is 79.9. The first-order valence-corrected chi connectivity index (χ1v) is 7.66. The van der Waals surface area contributed by atoms with Gasteiger partial charge in [-0.1, -0.05) is 28.1 Å². The molecule has 0 amide bonds. The van der Waals surface area contributed by atoms with Gasteiger partial charge in [-0.05, 0) is 46.9 Å². The van der Waals surface area contributed by atoms with Gasteiger partial charge in [-0.15, -0.1) is 5.10 Å². The van der Waals surface area contributed by atoms with Crippen molar-refractivity contribution in [1.29, 1.82) is 0 Å². The number of carboxylic acids is 1. The van der Waals surface area contributed by atoms with Gasteiger partial charge in [0.25, 0.3) is 0 Å². The topological polar surface area (TPSA) is 80.9 Å². The normalized spacial score (nSPS) is 15.9. The van der Waals surface area contributed by atoms with Crippen molar-refractivity contribution in [2.75, 3.05) is 0 Å². The molecule has 0 bridgehead atoms. The summed E-state index contributed by atoms with van der Waals surface area (Å²) in [4.78, 5) is 11.1. The molecule has 110 valence electrons. The maximum atomic E-state index is 11.1. The fourth-order valence-corrected chi connectivity index (χ4v) is 2.75. The van der Waals surface area contributed by atoms with E-state index in [0.717, 1.165) is 28.7 Å². The minimum atomic E-state index is -0.808. The third kappa shape index (κ3) is 3.47. The Morgan fingerprint density at radius 1 is 1.38 bits per heavy atom. The summed E-state index contributed by atoms with van der Waals surface area (Å²) in [6.07, 6.45) is 2.78. The predicted molar refractivity (Wildman–Crippen MR) is 78.8 cm³/mol. The van der Waals surface area contributed by atoms with Gasteiger partial charge in [-0.2, -0.15) is 0 Å². The first-order chi connectivity index (χ1) is 10.1. The Hall–Kier alpha value is -1.76. The van der Waals surface area contributed by atoms with Gasteiger partial charge < -0.3 is 5.11 Å². The Morgan fingerprint density at radius 2 is 2.10 bits per heavy atom. The molecule has 7 heteroatoms. The average molecular weight is 351 g/mol. The second-order valence-electron chi connectivity index (χ2n) is 5.35. The first kappa shape index (κ1) is 14.2. The Labute approximate surface area is 130 Å². The number of hydrogen-bond donors (Lipinski definition) is 1. The molecule has 1 heterocycles. The third-order valence-corrected chi connectivity index (χ3v) is 4.23. The van der Waals surface area contributed by atoms with Crippen LogP contribution in [0.25, 0.3) is 0 Å². The maximum Gasteiger partial charge on any atom is 0.305 e. The van der Waals surface area contributed by atoms with E-state index in [-0.39, 0.29) is 12.5 Å². The van der Waals surface area contributed by atoms with E-state index in [0.29, 0.717) is 12.3 Å². The van der Waals surface area contributed by atoms with Crippen LogP contribution in [0.4, 0.5) is 0 Å². The smallest absolute Gasteiger partial charge is 0.305 e. The highest BCUT2D eigenvalue weighted by Gasteiger charge is 2.36. The highest BCUT2D eigenvalue weighted by Crippen LogP contribution is 2.41. The van der Waals surface area contributed by atoms with Gasteiger partial charge in [0, 0.05) is 10.9 Å². The zero-order chi connectivity index (χ0) is 14.8. The van der Waals surface area contributed by atoms with Gasteiger partial charge in [0.15, 0.2) is 5.82 Å². The molecule has 1 aliphatic rings. The van der Waals surface area contributed by atoms with E-state index in [1.165, 1.54) is 0 Å². The molecule has 0 radical (unpaired) electrons. The number of benzene rings is 1. The zero-order valence-corrected chi connectivity index (χ0v) is 12.9. The van der Waals surface area contributed by atoms with E-state index in [1.807, 2.05) is 24.3 Å². The SMILES string of the molecule is O=C(O)CC(C1CC1)n1nnnc1Cc1ccc(Br)cc1. The van der Waals surface area contributed by atoms with Crippen molar-refractivity contribution in [2.24, 2.45) is 5.92 Å². The van der Waals surface area contributed by atoms with Crippen molar-refractivity contribution in [3.63, 3.8) is 0 Å². The Morgan fingerprint density at radius 3 is 2.71 bits per heavy atom. The average Bonchev–Trinajstić information content (AvgIpc) is 3.19. The van der Waals surface area contributed by atoms with Crippen LogP contribution in [0.1, 0.15) is 36.7 Å². The molecule has 1 saturated carbocycles. The molecule has 1 N–H and O–H groups in total. The van der Waals surface area contributed by atoms with Crippen molar-refractivity contribution in [2.45, 2.75) is 31.7 Å². The van der Waals surface area contributed by atoms with Crippen LogP contribution in [-0.2, 0) is 11.2 Å². The summed E-state index contributed by atoms with van der Waals surface area (Å²) in [5, 5.41) is 20.9. The van der Waals surface area contributed by atoms with Gasteiger partial charge in [-0.3, -0.25) is 4.79 Å². The van der Waals surface area contributed by atoms with E-state index in [1.54, 1.807) is 4.68 Å². The summed E-state index contributed by atoms with van der Waals surface area (Å²) in [5.41, 5.74) is 1.10. The molecule has 6 nitrogen and oxygen atoms in total. The summed E-state index contributed by atoms with van der Waals surface area (Å²) in [7, 11) is 0. The standard InChI is InChI=1S/C14H15BrN4O2/c15-11-5-1-9(2-6-11)7-13-16-17-18-19(13)12(8-14(20)21)10-3-4-10/h1-2,5-6,10,12H,3-4,7-8H2,(H,20,21). The summed E-state index contributed by atoms with van der Waals surface area (Å²) in [6.45, 7) is 0. The molecule has 1 unspecified atom stereocenters. The van der Waals surface area contributed by atoms with Crippen LogP contribution in [0, 0.1) is 5.92 Å². The number of carbonyl (C=O) groups is 1. The van der Waals surface area contributed by atoms with Crippen LogP contribution in [0.3, 0.4) is 0 Å². The lowest BCUT2D eigenvalue weighted by atomic mass is 10.1. The number of halogens is 1. The van der Waals surface area contributed by atoms with Gasteiger partial charge in [0.1, 0.15) is 0 Å².